The fourth-order valence-corrected chi connectivity index (χ4v) is 3.90. The molecule has 0 bridgehead atoms. The van der Waals surface area contributed by atoms with Crippen LogP contribution in [0.2, 0.25) is 0 Å². The monoisotopic (exact) mass is 429 g/mol. The van der Waals surface area contributed by atoms with Crippen molar-refractivity contribution in [3.8, 4) is 0 Å². The van der Waals surface area contributed by atoms with E-state index in [2.05, 4.69) is 17.0 Å². The molecule has 0 aromatic heterocycles. The van der Waals surface area contributed by atoms with Gasteiger partial charge in [-0.1, -0.05) is 48.5 Å². The fraction of sp³-hybridized carbons (Fsp3) is 0.417. The molecule has 1 fully saturated rings. The van der Waals surface area contributed by atoms with E-state index in [1.165, 1.54) is 18.9 Å². The third-order valence-electron chi connectivity index (χ3n) is 5.55. The first-order valence-electron chi connectivity index (χ1n) is 10.6. The fourth-order valence-electron chi connectivity index (χ4n) is 3.90. The van der Waals surface area contributed by atoms with E-state index in [0.717, 1.165) is 25.2 Å². The Bertz CT molecular complexity index is 813. The van der Waals surface area contributed by atoms with Crippen LogP contribution in [-0.2, 0) is 16.0 Å². The first-order valence-corrected chi connectivity index (χ1v) is 10.6. The van der Waals surface area contributed by atoms with Gasteiger partial charge in [-0.25, -0.2) is 4.39 Å². The van der Waals surface area contributed by atoms with E-state index >= 15 is 0 Å². The molecule has 3 rings (SSSR count). The summed E-state index contributed by atoms with van der Waals surface area (Å²) in [7, 11) is 1.85. The van der Waals surface area contributed by atoms with Gasteiger partial charge in [-0.15, -0.1) is 0 Å². The number of nitrogens with two attached hydrogens (primary N) is 1. The Labute approximate surface area is 183 Å². The molecule has 1 aliphatic heterocycles. The summed E-state index contributed by atoms with van der Waals surface area (Å²) in [4.78, 5) is 25.5. The second kappa shape index (κ2) is 12.8. The van der Waals surface area contributed by atoms with Gasteiger partial charge in [0.15, 0.2) is 0 Å². The molecular weight excluding hydrogens is 397 g/mol. The molecule has 1 amide bonds. The maximum Gasteiger partial charge on any atom is 0.290 e. The number of rotatable bonds is 8. The van der Waals surface area contributed by atoms with E-state index in [9.17, 15) is 9.18 Å². The van der Waals surface area contributed by atoms with Crippen LogP contribution in [0.3, 0.4) is 0 Å². The molecular formula is C24H32FN3O3. The number of halogens is 1. The standard InChI is InChI=1S/C23H30FN3O.CH2O2/c1-26(23(28)16-20(25)15-19-11-5-6-12-21(19)24)22(17-27-13-7-8-14-27)18-9-3-2-4-10-18;2-1-3/h2-6,9-12,20,22H,7-8,13-17,25H2,1H3;1H,(H,2,3)/t20-,22?;/m1./s1. The van der Waals surface area contributed by atoms with E-state index in [1.807, 2.05) is 30.1 Å². The van der Waals surface area contributed by atoms with Crippen molar-refractivity contribution in [2.24, 2.45) is 5.73 Å². The Morgan fingerprint density at radius 2 is 1.74 bits per heavy atom. The Hall–Kier alpha value is -2.77. The Morgan fingerprint density at radius 1 is 1.16 bits per heavy atom. The molecule has 2 aromatic carbocycles. The Balaban J connectivity index is 0.00000107. The average molecular weight is 430 g/mol. The summed E-state index contributed by atoms with van der Waals surface area (Å²) in [5.74, 6) is -0.271. The van der Waals surface area contributed by atoms with Gasteiger partial charge in [0.2, 0.25) is 5.91 Å². The summed E-state index contributed by atoms with van der Waals surface area (Å²) in [5, 5.41) is 6.89. The van der Waals surface area contributed by atoms with Gasteiger partial charge in [0.1, 0.15) is 5.82 Å². The number of carbonyl (C=O) groups is 2. The lowest BCUT2D eigenvalue weighted by molar-refractivity contribution is -0.132. The van der Waals surface area contributed by atoms with Crippen LogP contribution in [0.4, 0.5) is 4.39 Å². The molecule has 2 aromatic rings. The summed E-state index contributed by atoms with van der Waals surface area (Å²) in [6.45, 7) is 2.74. The number of amides is 1. The lowest BCUT2D eigenvalue weighted by atomic mass is 10.0. The topological polar surface area (TPSA) is 86.9 Å². The highest BCUT2D eigenvalue weighted by atomic mass is 19.1. The number of carboxylic acid groups (broad SMARTS) is 1. The van der Waals surface area contributed by atoms with Gasteiger partial charge < -0.3 is 20.6 Å². The molecule has 0 saturated carbocycles. The van der Waals surface area contributed by atoms with Crippen LogP contribution in [0.15, 0.2) is 54.6 Å². The zero-order chi connectivity index (χ0) is 22.6. The number of likely N-dealkylation sites (N-methyl/N-ethyl adjacent to an activating group) is 1. The second-order valence-corrected chi connectivity index (χ2v) is 7.80. The SMILES string of the molecule is CN(C(=O)C[C@H](N)Cc1ccccc1F)C(CN1CCCC1)c1ccccc1.O=CO. The minimum absolute atomic E-state index is 0.00288. The summed E-state index contributed by atoms with van der Waals surface area (Å²) in [6.07, 6.45) is 2.99. The van der Waals surface area contributed by atoms with Crippen molar-refractivity contribution in [1.29, 1.82) is 0 Å². The molecule has 6 nitrogen and oxygen atoms in total. The summed E-state index contributed by atoms with van der Waals surface area (Å²) in [5.41, 5.74) is 7.88. The molecule has 0 aliphatic carbocycles. The van der Waals surface area contributed by atoms with Gasteiger partial charge in [0.05, 0.1) is 6.04 Å². The van der Waals surface area contributed by atoms with Crippen LogP contribution < -0.4 is 5.73 Å². The van der Waals surface area contributed by atoms with Crippen molar-refractivity contribution in [2.75, 3.05) is 26.7 Å². The van der Waals surface area contributed by atoms with Crippen molar-refractivity contribution in [3.05, 3.63) is 71.5 Å². The van der Waals surface area contributed by atoms with E-state index < -0.39 is 6.04 Å². The zero-order valence-corrected chi connectivity index (χ0v) is 18.0. The highest BCUT2D eigenvalue weighted by Gasteiger charge is 2.26. The van der Waals surface area contributed by atoms with Crippen LogP contribution in [0.25, 0.3) is 0 Å². The van der Waals surface area contributed by atoms with Crippen LogP contribution in [0.1, 0.15) is 36.4 Å². The minimum atomic E-state index is -0.407. The summed E-state index contributed by atoms with van der Waals surface area (Å²) in [6, 6.07) is 16.3. The number of hydrogen-bond donors (Lipinski definition) is 2. The van der Waals surface area contributed by atoms with Crippen molar-refractivity contribution in [1.82, 2.24) is 9.80 Å². The lowest BCUT2D eigenvalue weighted by Crippen LogP contribution is -2.41. The number of likely N-dealkylation sites (tertiary alicyclic amines) is 1. The Morgan fingerprint density at radius 3 is 2.35 bits per heavy atom. The predicted molar refractivity (Wildman–Crippen MR) is 119 cm³/mol. The molecule has 1 unspecified atom stereocenters. The molecule has 168 valence electrons. The van der Waals surface area contributed by atoms with E-state index in [4.69, 9.17) is 15.6 Å². The minimum Gasteiger partial charge on any atom is -0.483 e. The van der Waals surface area contributed by atoms with Crippen molar-refractivity contribution >= 4 is 12.4 Å². The van der Waals surface area contributed by atoms with Crippen LogP contribution >= 0.6 is 0 Å². The highest BCUT2D eigenvalue weighted by molar-refractivity contribution is 5.77. The predicted octanol–water partition coefficient (Wildman–Crippen LogP) is 3.08. The van der Waals surface area contributed by atoms with Crippen LogP contribution in [0, 0.1) is 5.82 Å². The molecule has 2 atom stereocenters. The first-order chi connectivity index (χ1) is 15.0. The molecule has 1 heterocycles. The molecule has 1 aliphatic rings. The number of hydrogen-bond acceptors (Lipinski definition) is 4. The number of nitrogens with zero attached hydrogens (tertiary/aromatic N) is 2. The normalized spacial score (nSPS) is 15.5. The van der Waals surface area contributed by atoms with Crippen molar-refractivity contribution in [3.63, 3.8) is 0 Å². The van der Waals surface area contributed by atoms with Crippen molar-refractivity contribution < 1.29 is 19.1 Å². The molecule has 31 heavy (non-hydrogen) atoms. The van der Waals surface area contributed by atoms with Gasteiger partial charge in [-0.3, -0.25) is 9.59 Å². The summed E-state index contributed by atoms with van der Waals surface area (Å²) < 4.78 is 13.9. The van der Waals surface area contributed by atoms with Crippen LogP contribution in [-0.4, -0.2) is 60.0 Å². The van der Waals surface area contributed by atoms with Gasteiger partial charge >= 0.3 is 0 Å². The van der Waals surface area contributed by atoms with Gasteiger partial charge in [0.25, 0.3) is 6.47 Å². The number of benzene rings is 2. The molecule has 1 saturated heterocycles. The van der Waals surface area contributed by atoms with E-state index in [-0.39, 0.29) is 30.7 Å². The second-order valence-electron chi connectivity index (χ2n) is 7.80. The van der Waals surface area contributed by atoms with E-state index in [1.54, 1.807) is 18.2 Å². The smallest absolute Gasteiger partial charge is 0.290 e. The van der Waals surface area contributed by atoms with Gasteiger partial charge in [-0.2, -0.15) is 0 Å². The maximum atomic E-state index is 13.9. The number of carbonyl (C=O) groups excluding carboxylic acids is 1. The summed E-state index contributed by atoms with van der Waals surface area (Å²) >= 11 is 0. The maximum absolute atomic E-state index is 13.9. The average Bonchev–Trinajstić information content (AvgIpc) is 3.28. The van der Waals surface area contributed by atoms with Gasteiger partial charge in [-0.05, 0) is 49.5 Å². The molecule has 3 N–H and O–H groups in total. The third-order valence-corrected chi connectivity index (χ3v) is 5.55. The lowest BCUT2D eigenvalue weighted by Gasteiger charge is -2.32. The molecule has 0 spiro atoms. The first kappa shape index (κ1) is 24.5. The third kappa shape index (κ3) is 7.77. The van der Waals surface area contributed by atoms with Crippen molar-refractivity contribution in [2.45, 2.75) is 37.8 Å². The van der Waals surface area contributed by atoms with E-state index in [0.29, 0.717) is 12.0 Å². The molecule has 7 heteroatoms. The zero-order valence-electron chi connectivity index (χ0n) is 18.0. The van der Waals surface area contributed by atoms with Gasteiger partial charge in [0, 0.05) is 26.1 Å². The Kier molecular flexibility index (Phi) is 10.1. The largest absolute Gasteiger partial charge is 0.483 e. The highest BCUT2D eigenvalue weighted by Crippen LogP contribution is 2.24. The molecule has 0 radical (unpaired) electrons. The van der Waals surface area contributed by atoms with Crippen LogP contribution in [0.5, 0.6) is 0 Å². The quantitative estimate of drug-likeness (QED) is 0.630.